The van der Waals surface area contributed by atoms with Gasteiger partial charge in [0.25, 0.3) is 0 Å². The predicted molar refractivity (Wildman–Crippen MR) is 280 cm³/mol. The monoisotopic (exact) mass is 840 g/mol. The zero-order valence-corrected chi connectivity index (χ0v) is 36.3. The third kappa shape index (κ3) is 6.93. The number of anilines is 3. The van der Waals surface area contributed by atoms with E-state index in [2.05, 4.69) is 276 Å². The second-order valence-corrected chi connectivity index (χ2v) is 16.9. The van der Waals surface area contributed by atoms with Crippen LogP contribution < -0.4 is 4.90 Å². The Bertz CT molecular complexity index is 3640. The van der Waals surface area contributed by atoms with Crippen molar-refractivity contribution in [1.82, 2.24) is 4.57 Å². The number of fused-ring (bicyclic) bond motifs is 4. The molecule has 0 spiro atoms. The minimum Gasteiger partial charge on any atom is -0.310 e. The molecule has 2 nitrogen and oxygen atoms in total. The third-order valence-electron chi connectivity index (χ3n) is 13.0. The van der Waals surface area contributed by atoms with Crippen LogP contribution in [0.5, 0.6) is 0 Å². The molecule has 0 saturated carbocycles. The van der Waals surface area contributed by atoms with Crippen molar-refractivity contribution in [3.05, 3.63) is 267 Å². The van der Waals surface area contributed by atoms with Gasteiger partial charge in [0.05, 0.1) is 22.4 Å². The van der Waals surface area contributed by atoms with Gasteiger partial charge < -0.3 is 9.47 Å². The summed E-state index contributed by atoms with van der Waals surface area (Å²) in [6.45, 7) is 0. The Balaban J connectivity index is 1.05. The first kappa shape index (κ1) is 38.9. The second kappa shape index (κ2) is 16.8. The summed E-state index contributed by atoms with van der Waals surface area (Å²) >= 11 is 0. The quantitative estimate of drug-likeness (QED) is 0.141. The first-order chi connectivity index (χ1) is 32.8. The van der Waals surface area contributed by atoms with Crippen molar-refractivity contribution in [3.63, 3.8) is 0 Å². The number of hydrogen-bond acceptors (Lipinski definition) is 1. The minimum absolute atomic E-state index is 1.07. The molecular formula is C64H44N2. The average molecular weight is 841 g/mol. The van der Waals surface area contributed by atoms with Crippen LogP contribution in [0.15, 0.2) is 267 Å². The maximum absolute atomic E-state index is 2.44. The Kier molecular flexibility index (Phi) is 9.89. The number of hydrogen-bond donors (Lipinski definition) is 0. The molecule has 0 aliphatic rings. The number of para-hydroxylation sites is 4. The standard InChI is InChI=1S/C64H44N2/c1-3-19-45(20-4-1)50-25-17-26-51(43-50)65(61-33-13-9-28-55(61)49-39-37-48(38-40-49)54-32-18-24-46-23-7-8-27-53(46)54)52-41-42-56(60(44-52)47-21-5-2-6-22-47)57-29-10-14-34-62(57)66-63-35-15-11-30-58(63)59-31-12-16-36-64(59)66/h1-44H. The molecule has 0 radical (unpaired) electrons. The highest BCUT2D eigenvalue weighted by molar-refractivity contribution is 6.10. The number of benzene rings is 11. The minimum atomic E-state index is 1.07. The van der Waals surface area contributed by atoms with Crippen LogP contribution in [-0.2, 0) is 0 Å². The van der Waals surface area contributed by atoms with Crippen molar-refractivity contribution in [2.45, 2.75) is 0 Å². The maximum atomic E-state index is 2.44. The molecule has 1 heterocycles. The van der Waals surface area contributed by atoms with Crippen molar-refractivity contribution in [2.75, 3.05) is 4.90 Å². The Hall–Kier alpha value is -8.72. The molecule has 66 heavy (non-hydrogen) atoms. The molecule has 0 N–H and O–H groups in total. The lowest BCUT2D eigenvalue weighted by Crippen LogP contribution is -2.12. The summed E-state index contributed by atoms with van der Waals surface area (Å²) in [6.07, 6.45) is 0. The summed E-state index contributed by atoms with van der Waals surface area (Å²) in [6, 6.07) is 97.0. The van der Waals surface area contributed by atoms with Crippen LogP contribution in [0.2, 0.25) is 0 Å². The van der Waals surface area contributed by atoms with Crippen molar-refractivity contribution >= 4 is 49.6 Å². The second-order valence-electron chi connectivity index (χ2n) is 16.9. The third-order valence-corrected chi connectivity index (χ3v) is 13.0. The summed E-state index contributed by atoms with van der Waals surface area (Å²) in [7, 11) is 0. The fourth-order valence-electron chi connectivity index (χ4n) is 9.94. The van der Waals surface area contributed by atoms with Gasteiger partial charge in [-0.2, -0.15) is 0 Å². The van der Waals surface area contributed by atoms with Gasteiger partial charge in [-0.1, -0.05) is 218 Å². The highest BCUT2D eigenvalue weighted by atomic mass is 15.1. The van der Waals surface area contributed by atoms with Gasteiger partial charge in [0.1, 0.15) is 0 Å². The predicted octanol–water partition coefficient (Wildman–Crippen LogP) is 17.7. The highest BCUT2D eigenvalue weighted by Crippen LogP contribution is 2.46. The van der Waals surface area contributed by atoms with Gasteiger partial charge in [-0.3, -0.25) is 0 Å². The number of aromatic nitrogens is 1. The van der Waals surface area contributed by atoms with Crippen LogP contribution in [-0.4, -0.2) is 4.57 Å². The van der Waals surface area contributed by atoms with E-state index < -0.39 is 0 Å². The molecule has 0 fully saturated rings. The van der Waals surface area contributed by atoms with Gasteiger partial charge in [-0.15, -0.1) is 0 Å². The van der Waals surface area contributed by atoms with Crippen LogP contribution in [0.3, 0.4) is 0 Å². The Labute approximate surface area is 385 Å². The molecule has 11 aromatic carbocycles. The molecule has 0 amide bonds. The van der Waals surface area contributed by atoms with Gasteiger partial charge in [-0.25, -0.2) is 0 Å². The van der Waals surface area contributed by atoms with E-state index in [0.29, 0.717) is 0 Å². The summed E-state index contributed by atoms with van der Waals surface area (Å²) in [5.74, 6) is 0. The topological polar surface area (TPSA) is 8.17 Å². The van der Waals surface area contributed by atoms with Gasteiger partial charge in [-0.05, 0) is 104 Å². The molecule has 0 aliphatic heterocycles. The van der Waals surface area contributed by atoms with E-state index in [1.165, 1.54) is 54.8 Å². The molecule has 1 aromatic heterocycles. The van der Waals surface area contributed by atoms with Crippen molar-refractivity contribution in [3.8, 4) is 61.3 Å². The van der Waals surface area contributed by atoms with E-state index in [9.17, 15) is 0 Å². The molecule has 2 heteroatoms. The van der Waals surface area contributed by atoms with Gasteiger partial charge >= 0.3 is 0 Å². The molecule has 0 unspecified atom stereocenters. The molecule has 0 aliphatic carbocycles. The zero-order valence-electron chi connectivity index (χ0n) is 36.3. The van der Waals surface area contributed by atoms with E-state index in [-0.39, 0.29) is 0 Å². The van der Waals surface area contributed by atoms with Crippen LogP contribution in [0.4, 0.5) is 17.1 Å². The largest absolute Gasteiger partial charge is 0.310 e. The maximum Gasteiger partial charge on any atom is 0.0541 e. The van der Waals surface area contributed by atoms with Crippen LogP contribution in [0.25, 0.3) is 93.9 Å². The van der Waals surface area contributed by atoms with E-state index >= 15 is 0 Å². The van der Waals surface area contributed by atoms with E-state index in [1.54, 1.807) is 0 Å². The SMILES string of the molecule is c1ccc(-c2cccc(N(c3ccc(-c4ccccc4-n4c5ccccc5c5ccccc54)c(-c4ccccc4)c3)c3ccccc3-c3ccc(-c4cccc5ccccc45)cc3)c2)cc1. The first-order valence-corrected chi connectivity index (χ1v) is 22.7. The number of nitrogens with zero attached hydrogens (tertiary/aromatic N) is 2. The summed E-state index contributed by atoms with van der Waals surface area (Å²) in [5.41, 5.74) is 18.5. The van der Waals surface area contributed by atoms with Crippen LogP contribution in [0, 0.1) is 0 Å². The van der Waals surface area contributed by atoms with Crippen molar-refractivity contribution in [1.29, 1.82) is 0 Å². The molecule has 12 aromatic rings. The lowest BCUT2D eigenvalue weighted by molar-refractivity contribution is 1.18. The molecule has 310 valence electrons. The van der Waals surface area contributed by atoms with Crippen molar-refractivity contribution in [2.24, 2.45) is 0 Å². The van der Waals surface area contributed by atoms with Crippen LogP contribution in [0.1, 0.15) is 0 Å². The lowest BCUT2D eigenvalue weighted by atomic mass is 9.92. The molecular weight excluding hydrogens is 797 g/mol. The Morgan fingerprint density at radius 2 is 0.758 bits per heavy atom. The zero-order chi connectivity index (χ0) is 43.8. The van der Waals surface area contributed by atoms with Gasteiger partial charge in [0.15, 0.2) is 0 Å². The van der Waals surface area contributed by atoms with Crippen LogP contribution >= 0.6 is 0 Å². The van der Waals surface area contributed by atoms with E-state index in [1.807, 2.05) is 0 Å². The number of rotatable bonds is 9. The van der Waals surface area contributed by atoms with Gasteiger partial charge in [0, 0.05) is 33.3 Å². The Morgan fingerprint density at radius 1 is 0.258 bits per heavy atom. The lowest BCUT2D eigenvalue weighted by Gasteiger charge is -2.29. The summed E-state index contributed by atoms with van der Waals surface area (Å²) in [4.78, 5) is 2.44. The molecule has 0 bridgehead atoms. The average Bonchev–Trinajstić information content (AvgIpc) is 3.73. The highest BCUT2D eigenvalue weighted by Gasteiger charge is 2.22. The first-order valence-electron chi connectivity index (χ1n) is 22.7. The molecule has 0 saturated heterocycles. The smallest absolute Gasteiger partial charge is 0.0541 e. The van der Waals surface area contributed by atoms with Crippen molar-refractivity contribution < 1.29 is 0 Å². The summed E-state index contributed by atoms with van der Waals surface area (Å²) in [5, 5.41) is 5.00. The van der Waals surface area contributed by atoms with Gasteiger partial charge in [0.2, 0.25) is 0 Å². The fraction of sp³-hybridized carbons (Fsp3) is 0. The molecule has 12 rings (SSSR count). The molecule has 0 atom stereocenters. The fourth-order valence-corrected chi connectivity index (χ4v) is 9.94. The Morgan fingerprint density at radius 3 is 1.50 bits per heavy atom. The van der Waals surface area contributed by atoms with E-state index in [4.69, 9.17) is 0 Å². The summed E-state index contributed by atoms with van der Waals surface area (Å²) < 4.78 is 2.44. The van der Waals surface area contributed by atoms with E-state index in [0.717, 1.165) is 56.1 Å². The normalized spacial score (nSPS) is 11.3.